The minimum Gasteiger partial charge on any atom is -0.481 e. The first-order chi connectivity index (χ1) is 23.3. The molecule has 0 unspecified atom stereocenters. The molecule has 9 heteroatoms. The fourth-order valence-electron chi connectivity index (χ4n) is 7.14. The van der Waals surface area contributed by atoms with Crippen LogP contribution in [-0.2, 0) is 13.0 Å². The van der Waals surface area contributed by atoms with Crippen LogP contribution in [0.15, 0.2) is 60.7 Å². The number of hydrogen-bond donors (Lipinski definition) is 3. The Labute approximate surface area is 293 Å². The van der Waals surface area contributed by atoms with Gasteiger partial charge >= 0.3 is 0 Å². The van der Waals surface area contributed by atoms with Crippen LogP contribution in [0, 0.1) is 10.8 Å². The molecule has 3 N–H and O–H groups in total. The number of aromatic nitrogens is 2. The summed E-state index contributed by atoms with van der Waals surface area (Å²) >= 11 is 14.2. The molecule has 0 atom stereocenters. The third-order valence-corrected chi connectivity index (χ3v) is 11.4. The summed E-state index contributed by atoms with van der Waals surface area (Å²) in [5.41, 5.74) is 6.67. The van der Waals surface area contributed by atoms with Crippen molar-refractivity contribution in [1.82, 2.24) is 15.3 Å². The molecule has 0 aliphatic heterocycles. The summed E-state index contributed by atoms with van der Waals surface area (Å²) in [6, 6.07) is 19.8. The number of hydrogen-bond acceptors (Lipinski definition) is 7. The molecule has 0 amide bonds. The Bertz CT molecular complexity index is 1600. The van der Waals surface area contributed by atoms with E-state index in [2.05, 4.69) is 11.4 Å². The van der Waals surface area contributed by atoms with Crippen molar-refractivity contribution in [2.45, 2.75) is 64.3 Å². The van der Waals surface area contributed by atoms with Gasteiger partial charge in [-0.3, -0.25) is 0 Å². The molecule has 6 rings (SSSR count). The van der Waals surface area contributed by atoms with Crippen LogP contribution in [0.2, 0.25) is 10.0 Å². The Balaban J connectivity index is 1.22. The average Bonchev–Trinajstić information content (AvgIpc) is 3.08. The monoisotopic (exact) mass is 689 g/mol. The van der Waals surface area contributed by atoms with Gasteiger partial charge in [0.25, 0.3) is 0 Å². The lowest BCUT2D eigenvalue weighted by Gasteiger charge is -2.40. The number of methoxy groups -OCH3 is 2. The van der Waals surface area contributed by atoms with Gasteiger partial charge in [-0.2, -0.15) is 0 Å². The number of aryl methyl sites for hydroxylation is 1. The van der Waals surface area contributed by atoms with Crippen molar-refractivity contribution in [2.24, 2.45) is 10.8 Å². The minimum absolute atomic E-state index is 0.00124. The number of nitrogens with one attached hydrogen (secondary N) is 1. The molecule has 48 heavy (non-hydrogen) atoms. The highest BCUT2D eigenvalue weighted by Crippen LogP contribution is 2.45. The largest absolute Gasteiger partial charge is 0.481 e. The molecule has 2 saturated carbocycles. The lowest BCUT2D eigenvalue weighted by Crippen LogP contribution is -2.42. The molecular formula is C39H45Cl2N3O4. The molecule has 4 aromatic rings. The molecule has 0 saturated heterocycles. The van der Waals surface area contributed by atoms with Gasteiger partial charge in [-0.05, 0) is 62.5 Å². The number of nitrogens with zero attached hydrogens (tertiary/aromatic N) is 2. The van der Waals surface area contributed by atoms with Gasteiger partial charge in [0.15, 0.2) is 0 Å². The second-order valence-electron chi connectivity index (χ2n) is 13.5. The number of aliphatic hydroxyl groups is 2. The van der Waals surface area contributed by atoms with Crippen LogP contribution in [0.5, 0.6) is 11.8 Å². The Kier molecular flexibility index (Phi) is 10.9. The third-order valence-electron chi connectivity index (χ3n) is 10.6. The van der Waals surface area contributed by atoms with Crippen molar-refractivity contribution in [2.75, 3.05) is 34.0 Å². The number of rotatable bonds is 15. The van der Waals surface area contributed by atoms with E-state index < -0.39 is 0 Å². The quantitative estimate of drug-likeness (QED) is 0.115. The van der Waals surface area contributed by atoms with Gasteiger partial charge in [-0.25, -0.2) is 9.97 Å². The molecule has 7 nitrogen and oxygen atoms in total. The van der Waals surface area contributed by atoms with E-state index in [0.717, 1.165) is 90.6 Å². The molecule has 2 aliphatic rings. The van der Waals surface area contributed by atoms with Gasteiger partial charge < -0.3 is 25.0 Å². The van der Waals surface area contributed by atoms with E-state index >= 15 is 0 Å². The van der Waals surface area contributed by atoms with E-state index in [-0.39, 0.29) is 24.0 Å². The van der Waals surface area contributed by atoms with Gasteiger partial charge in [-0.1, -0.05) is 84.6 Å². The van der Waals surface area contributed by atoms with E-state index in [4.69, 9.17) is 42.6 Å². The summed E-state index contributed by atoms with van der Waals surface area (Å²) in [6.45, 7) is 1.84. The predicted octanol–water partition coefficient (Wildman–Crippen LogP) is 8.54. The Morgan fingerprint density at radius 3 is 1.67 bits per heavy atom. The number of aliphatic hydroxyl groups excluding tert-OH is 2. The van der Waals surface area contributed by atoms with Crippen molar-refractivity contribution in [3.05, 3.63) is 81.8 Å². The normalized spacial score (nSPS) is 16.2. The maximum atomic E-state index is 9.84. The molecule has 2 aromatic heterocycles. The van der Waals surface area contributed by atoms with Gasteiger partial charge in [0.2, 0.25) is 11.8 Å². The second kappa shape index (κ2) is 15.1. The standard InChI is InChI=1S/C39H45Cl2N3O4/c1-47-36-26(8-5-17-38(24-45)18-6-19-38)13-15-32(43-36)30-11-3-9-28(34(30)40)29-10-4-12-31(35(29)41)33-16-14-27(37(44-33)48-2)22-42-23-39(25-46)20-7-21-39/h3-4,9-16,42,45-46H,5-8,17-25H2,1-2H3. The molecule has 0 bridgehead atoms. The molecule has 2 fully saturated rings. The number of halogens is 2. The van der Waals surface area contributed by atoms with Crippen molar-refractivity contribution in [1.29, 1.82) is 0 Å². The lowest BCUT2D eigenvalue weighted by molar-refractivity contribution is 0.0343. The first-order valence-electron chi connectivity index (χ1n) is 16.9. The summed E-state index contributed by atoms with van der Waals surface area (Å²) in [4.78, 5) is 9.68. The number of ether oxygens (including phenoxy) is 2. The van der Waals surface area contributed by atoms with Crippen LogP contribution < -0.4 is 14.8 Å². The molecule has 0 spiro atoms. The van der Waals surface area contributed by atoms with Crippen LogP contribution in [-0.4, -0.2) is 54.2 Å². The summed E-state index contributed by atoms with van der Waals surface area (Å²) in [7, 11) is 3.27. The highest BCUT2D eigenvalue weighted by atomic mass is 35.5. The molecule has 2 aliphatic carbocycles. The SMILES string of the molecule is COc1nc(-c2cccc(-c3cccc(-c4ccc(CNCC5(CO)CCC5)c(OC)n4)c3Cl)c2Cl)ccc1CCCC1(CO)CCC1. The number of pyridine rings is 2. The zero-order chi connectivity index (χ0) is 33.7. The predicted molar refractivity (Wildman–Crippen MR) is 193 cm³/mol. The van der Waals surface area contributed by atoms with Gasteiger partial charge in [-0.15, -0.1) is 0 Å². The van der Waals surface area contributed by atoms with Crippen molar-refractivity contribution < 1.29 is 19.7 Å². The van der Waals surface area contributed by atoms with E-state index in [1.807, 2.05) is 54.6 Å². The minimum atomic E-state index is -0.00124. The van der Waals surface area contributed by atoms with Crippen LogP contribution in [0.4, 0.5) is 0 Å². The van der Waals surface area contributed by atoms with Crippen molar-refractivity contribution in [3.8, 4) is 45.4 Å². The molecule has 2 aromatic carbocycles. The molecular weight excluding hydrogens is 645 g/mol. The summed E-state index contributed by atoms with van der Waals surface area (Å²) in [6.07, 6.45) is 9.54. The lowest BCUT2D eigenvalue weighted by atomic mass is 9.66. The summed E-state index contributed by atoms with van der Waals surface area (Å²) in [5, 5.41) is 24.2. The van der Waals surface area contributed by atoms with E-state index in [1.165, 1.54) is 12.8 Å². The van der Waals surface area contributed by atoms with Gasteiger partial charge in [0.1, 0.15) is 0 Å². The highest BCUT2D eigenvalue weighted by molar-refractivity contribution is 6.39. The van der Waals surface area contributed by atoms with E-state index in [9.17, 15) is 10.2 Å². The zero-order valence-electron chi connectivity index (χ0n) is 27.8. The smallest absolute Gasteiger partial charge is 0.218 e. The highest BCUT2D eigenvalue weighted by Gasteiger charge is 2.36. The zero-order valence-corrected chi connectivity index (χ0v) is 29.3. The molecule has 254 valence electrons. The Hall–Kier alpha value is -3.20. The Morgan fingerprint density at radius 2 is 1.19 bits per heavy atom. The summed E-state index contributed by atoms with van der Waals surface area (Å²) < 4.78 is 11.4. The topological polar surface area (TPSA) is 96.7 Å². The third kappa shape index (κ3) is 7.08. The van der Waals surface area contributed by atoms with Gasteiger partial charge in [0.05, 0.1) is 35.7 Å². The van der Waals surface area contributed by atoms with Crippen molar-refractivity contribution in [3.63, 3.8) is 0 Å². The van der Waals surface area contributed by atoms with Crippen LogP contribution in [0.3, 0.4) is 0 Å². The molecule has 0 radical (unpaired) electrons. The average molecular weight is 691 g/mol. The van der Waals surface area contributed by atoms with Gasteiger partial charge in [0, 0.05) is 65.1 Å². The van der Waals surface area contributed by atoms with Crippen LogP contribution >= 0.6 is 23.2 Å². The maximum absolute atomic E-state index is 9.84. The maximum Gasteiger partial charge on any atom is 0.218 e. The van der Waals surface area contributed by atoms with E-state index in [1.54, 1.807) is 14.2 Å². The van der Waals surface area contributed by atoms with Crippen LogP contribution in [0.25, 0.3) is 33.6 Å². The fraction of sp³-hybridized carbons (Fsp3) is 0.436. The summed E-state index contributed by atoms with van der Waals surface area (Å²) in [5.74, 6) is 1.13. The second-order valence-corrected chi connectivity index (χ2v) is 14.3. The van der Waals surface area contributed by atoms with Crippen molar-refractivity contribution >= 4 is 23.2 Å². The molecule has 2 heterocycles. The first-order valence-corrected chi connectivity index (χ1v) is 17.7. The first kappa shape index (κ1) is 34.7. The van der Waals surface area contributed by atoms with Crippen LogP contribution in [0.1, 0.15) is 62.5 Å². The fourth-order valence-corrected chi connectivity index (χ4v) is 7.79. The van der Waals surface area contributed by atoms with E-state index in [0.29, 0.717) is 34.0 Å². The Morgan fingerprint density at radius 1 is 0.688 bits per heavy atom. The number of benzene rings is 2.